The van der Waals surface area contributed by atoms with Gasteiger partial charge in [0, 0.05) is 0 Å². The quantitative estimate of drug-likeness (QED) is 0.213. The van der Waals surface area contributed by atoms with Crippen LogP contribution < -0.4 is 0 Å². The van der Waals surface area contributed by atoms with Gasteiger partial charge in [0.25, 0.3) is 0 Å². The molecule has 0 saturated carbocycles. The zero-order valence-corrected chi connectivity index (χ0v) is 11.6. The van der Waals surface area contributed by atoms with E-state index in [1.165, 1.54) is 0 Å². The molecule has 1 aromatic carbocycles. The number of ether oxygens (including phenoxy) is 1. The topological polar surface area (TPSA) is 185 Å². The lowest BCUT2D eigenvalue weighted by atomic mass is 10.0. The van der Waals surface area contributed by atoms with Crippen molar-refractivity contribution < 1.29 is 50.1 Å². The highest BCUT2D eigenvalue weighted by Crippen LogP contribution is 2.25. The monoisotopic (exact) mass is 332 g/mol. The second-order valence-electron chi connectivity index (χ2n) is 4.63. The Balaban J connectivity index is 2.60. The van der Waals surface area contributed by atoms with Gasteiger partial charge in [0.1, 0.15) is 24.9 Å². The zero-order chi connectivity index (χ0) is 17.7. The number of benzene rings is 1. The summed E-state index contributed by atoms with van der Waals surface area (Å²) in [5.41, 5.74) is -0.159. The lowest BCUT2D eigenvalue weighted by Gasteiger charge is -2.24. The van der Waals surface area contributed by atoms with Crippen LogP contribution in [-0.2, 0) is 9.53 Å². The lowest BCUT2D eigenvalue weighted by molar-refractivity contribution is -0.164. The summed E-state index contributed by atoms with van der Waals surface area (Å²) in [4.78, 5) is 22.1. The SMILES string of the molecule is O=C(OCC(O)C(O)C(O)C(O)C(=O)O)c1ccc(O)c(O)c1. The van der Waals surface area contributed by atoms with Gasteiger partial charge in [0.15, 0.2) is 17.6 Å². The summed E-state index contributed by atoms with van der Waals surface area (Å²) in [6.45, 7) is -0.814. The third kappa shape index (κ3) is 4.79. The molecule has 4 atom stereocenters. The van der Waals surface area contributed by atoms with Crippen molar-refractivity contribution in [3.05, 3.63) is 23.8 Å². The highest BCUT2D eigenvalue weighted by atomic mass is 16.5. The number of carbonyl (C=O) groups excluding carboxylic acids is 1. The Morgan fingerprint density at radius 2 is 1.61 bits per heavy atom. The van der Waals surface area contributed by atoms with Crippen molar-refractivity contribution in [2.24, 2.45) is 0 Å². The first-order valence-corrected chi connectivity index (χ1v) is 6.29. The molecule has 0 aliphatic carbocycles. The van der Waals surface area contributed by atoms with Gasteiger partial charge < -0.3 is 40.5 Å². The third-order valence-electron chi connectivity index (χ3n) is 2.92. The van der Waals surface area contributed by atoms with E-state index in [2.05, 4.69) is 4.74 Å². The van der Waals surface area contributed by atoms with E-state index in [1.807, 2.05) is 0 Å². The minimum atomic E-state index is -2.33. The number of aliphatic hydroxyl groups is 4. The average Bonchev–Trinajstić information content (AvgIpc) is 2.52. The fourth-order valence-corrected chi connectivity index (χ4v) is 1.55. The average molecular weight is 332 g/mol. The number of phenolic OH excluding ortho intramolecular Hbond substituents is 2. The van der Waals surface area contributed by atoms with Gasteiger partial charge >= 0.3 is 11.9 Å². The molecule has 23 heavy (non-hydrogen) atoms. The van der Waals surface area contributed by atoms with Crippen LogP contribution in [0, 0.1) is 0 Å². The van der Waals surface area contributed by atoms with E-state index in [0.717, 1.165) is 18.2 Å². The maximum atomic E-state index is 11.6. The highest BCUT2D eigenvalue weighted by molar-refractivity contribution is 5.90. The van der Waals surface area contributed by atoms with E-state index in [0.29, 0.717) is 0 Å². The maximum absolute atomic E-state index is 11.6. The first kappa shape index (κ1) is 18.6. The fourth-order valence-electron chi connectivity index (χ4n) is 1.55. The summed E-state index contributed by atoms with van der Waals surface area (Å²) >= 11 is 0. The Bertz CT molecular complexity index is 572. The smallest absolute Gasteiger partial charge is 0.338 e. The molecule has 0 aliphatic rings. The molecule has 4 unspecified atom stereocenters. The van der Waals surface area contributed by atoms with Crippen LogP contribution in [0.2, 0.25) is 0 Å². The number of hydrogen-bond donors (Lipinski definition) is 7. The highest BCUT2D eigenvalue weighted by Gasteiger charge is 2.34. The van der Waals surface area contributed by atoms with Gasteiger partial charge in [-0.1, -0.05) is 0 Å². The van der Waals surface area contributed by atoms with Crippen molar-refractivity contribution >= 4 is 11.9 Å². The van der Waals surface area contributed by atoms with Gasteiger partial charge in [-0.05, 0) is 18.2 Å². The van der Waals surface area contributed by atoms with Crippen LogP contribution in [0.5, 0.6) is 11.5 Å². The summed E-state index contributed by atoms with van der Waals surface area (Å²) in [5.74, 6) is -3.84. The minimum Gasteiger partial charge on any atom is -0.504 e. The second kappa shape index (κ2) is 7.74. The number of aliphatic carboxylic acids is 1. The number of carbonyl (C=O) groups is 2. The van der Waals surface area contributed by atoms with E-state index in [9.17, 15) is 30.0 Å². The Morgan fingerprint density at radius 1 is 1.00 bits per heavy atom. The van der Waals surface area contributed by atoms with Gasteiger partial charge in [0.05, 0.1) is 5.56 Å². The van der Waals surface area contributed by atoms with E-state index >= 15 is 0 Å². The van der Waals surface area contributed by atoms with Gasteiger partial charge in [-0.25, -0.2) is 9.59 Å². The Kier molecular flexibility index (Phi) is 6.28. The zero-order valence-electron chi connectivity index (χ0n) is 11.6. The van der Waals surface area contributed by atoms with Crippen molar-refractivity contribution in [1.82, 2.24) is 0 Å². The molecule has 0 bridgehead atoms. The standard InChI is InChI=1S/C13H16O10/c14-6-2-1-5(3-7(6)15)13(22)23-4-8(16)9(17)10(18)11(19)12(20)21/h1-3,8-11,14-19H,4H2,(H,20,21). The maximum Gasteiger partial charge on any atom is 0.338 e. The number of aliphatic hydroxyl groups excluding tert-OH is 4. The van der Waals surface area contributed by atoms with Crippen molar-refractivity contribution in [2.45, 2.75) is 24.4 Å². The molecule has 1 aromatic rings. The molecule has 0 aliphatic heterocycles. The van der Waals surface area contributed by atoms with Crippen LogP contribution in [0.3, 0.4) is 0 Å². The van der Waals surface area contributed by atoms with Gasteiger partial charge in [-0.2, -0.15) is 0 Å². The third-order valence-corrected chi connectivity index (χ3v) is 2.92. The summed E-state index contributed by atoms with van der Waals surface area (Å²) in [5, 5.41) is 64.2. The number of esters is 1. The first-order valence-electron chi connectivity index (χ1n) is 6.29. The summed E-state index contributed by atoms with van der Waals surface area (Å²) in [7, 11) is 0. The van der Waals surface area contributed by atoms with E-state index in [-0.39, 0.29) is 5.56 Å². The lowest BCUT2D eigenvalue weighted by Crippen LogP contribution is -2.49. The molecule has 10 heteroatoms. The van der Waals surface area contributed by atoms with Crippen LogP contribution in [0.4, 0.5) is 0 Å². The van der Waals surface area contributed by atoms with Crippen LogP contribution in [-0.4, -0.2) is 78.7 Å². The normalized spacial score (nSPS) is 16.2. The van der Waals surface area contributed by atoms with E-state index in [4.69, 9.17) is 15.3 Å². The van der Waals surface area contributed by atoms with Crippen molar-refractivity contribution in [3.8, 4) is 11.5 Å². The van der Waals surface area contributed by atoms with Crippen LogP contribution in [0.1, 0.15) is 10.4 Å². The van der Waals surface area contributed by atoms with E-state index in [1.54, 1.807) is 0 Å². The Morgan fingerprint density at radius 3 is 2.13 bits per heavy atom. The van der Waals surface area contributed by atoms with Crippen molar-refractivity contribution in [1.29, 1.82) is 0 Å². The molecular formula is C13H16O10. The number of rotatable bonds is 7. The molecule has 1 rings (SSSR count). The number of hydrogen-bond acceptors (Lipinski definition) is 9. The number of phenols is 2. The summed E-state index contributed by atoms with van der Waals surface area (Å²) in [6, 6.07) is 3.07. The predicted octanol–water partition coefficient (Wildman–Crippen LogP) is -2.22. The Labute approximate surface area is 129 Å². The Hall–Kier alpha value is -2.40. The van der Waals surface area contributed by atoms with Crippen LogP contribution >= 0.6 is 0 Å². The molecule has 7 N–H and O–H groups in total. The van der Waals surface area contributed by atoms with E-state index < -0.39 is 54.5 Å². The molecule has 128 valence electrons. The molecule has 0 saturated heterocycles. The molecule has 0 amide bonds. The van der Waals surface area contributed by atoms with Gasteiger partial charge in [0.2, 0.25) is 0 Å². The number of carboxylic acid groups (broad SMARTS) is 1. The van der Waals surface area contributed by atoms with Crippen molar-refractivity contribution in [2.75, 3.05) is 6.61 Å². The molecular weight excluding hydrogens is 316 g/mol. The number of carboxylic acids is 1. The molecule has 0 fully saturated rings. The molecule has 0 radical (unpaired) electrons. The molecule has 0 spiro atoms. The predicted molar refractivity (Wildman–Crippen MR) is 71.7 cm³/mol. The second-order valence-corrected chi connectivity index (χ2v) is 4.63. The van der Waals surface area contributed by atoms with Crippen LogP contribution in [0.15, 0.2) is 18.2 Å². The minimum absolute atomic E-state index is 0.159. The summed E-state index contributed by atoms with van der Waals surface area (Å²) in [6.07, 6.45) is -8.47. The molecule has 0 aromatic heterocycles. The first-order chi connectivity index (χ1) is 10.6. The fraction of sp³-hybridized carbons (Fsp3) is 0.385. The van der Waals surface area contributed by atoms with Gasteiger partial charge in [-0.3, -0.25) is 0 Å². The van der Waals surface area contributed by atoms with Gasteiger partial charge in [-0.15, -0.1) is 0 Å². The largest absolute Gasteiger partial charge is 0.504 e. The summed E-state index contributed by atoms with van der Waals surface area (Å²) < 4.78 is 4.61. The number of aromatic hydroxyl groups is 2. The molecule has 10 nitrogen and oxygen atoms in total. The van der Waals surface area contributed by atoms with Crippen LogP contribution in [0.25, 0.3) is 0 Å². The van der Waals surface area contributed by atoms with Crippen molar-refractivity contribution in [3.63, 3.8) is 0 Å². The molecule has 0 heterocycles.